The van der Waals surface area contributed by atoms with Crippen LogP contribution in [0.15, 0.2) is 9.59 Å². The Kier molecular flexibility index (Phi) is 5.85. The zero-order valence-corrected chi connectivity index (χ0v) is 11.7. The largest absolute Gasteiger partial charge is 0.329 e. The number of H-pyrrole nitrogens is 1. The fourth-order valence-electron chi connectivity index (χ4n) is 1.61. The summed E-state index contributed by atoms with van der Waals surface area (Å²) in [4.78, 5) is 26.1. The second-order valence-electron chi connectivity index (χ2n) is 3.73. The molecule has 0 saturated heterocycles. The Morgan fingerprint density at radius 1 is 1.35 bits per heavy atom. The summed E-state index contributed by atoms with van der Waals surface area (Å²) in [5.41, 5.74) is -0.192. The number of hydrogen-bond acceptors (Lipinski definition) is 3. The van der Waals surface area contributed by atoms with Crippen molar-refractivity contribution in [1.29, 1.82) is 0 Å². The van der Waals surface area contributed by atoms with Crippen LogP contribution < -0.4 is 11.2 Å². The summed E-state index contributed by atoms with van der Waals surface area (Å²) in [6.07, 6.45) is 4.39. The summed E-state index contributed by atoms with van der Waals surface area (Å²) in [5.74, 6) is 1.04. The van der Waals surface area contributed by atoms with E-state index in [-0.39, 0.29) is 10.7 Å². The van der Waals surface area contributed by atoms with E-state index < -0.39 is 5.69 Å². The van der Waals surface area contributed by atoms with Crippen LogP contribution in [-0.2, 0) is 13.0 Å². The molecule has 0 saturated carbocycles. The Hall–Kier alpha value is -0.680. The van der Waals surface area contributed by atoms with E-state index in [9.17, 15) is 9.59 Å². The maximum Gasteiger partial charge on any atom is 0.329 e. The van der Waals surface area contributed by atoms with Crippen LogP contribution in [0.4, 0.5) is 0 Å². The Balaban J connectivity index is 2.92. The van der Waals surface area contributed by atoms with Crippen molar-refractivity contribution in [2.45, 2.75) is 32.7 Å². The maximum atomic E-state index is 12.0. The lowest BCUT2D eigenvalue weighted by atomic mass is 10.2. The quantitative estimate of drug-likeness (QED) is 0.638. The summed E-state index contributed by atoms with van der Waals surface area (Å²) in [7, 11) is 0. The van der Waals surface area contributed by atoms with Gasteiger partial charge in [-0.25, -0.2) is 4.79 Å². The predicted octanol–water partition coefficient (Wildman–Crippen LogP) is 1.90. The van der Waals surface area contributed by atoms with Crippen molar-refractivity contribution in [2.75, 3.05) is 12.0 Å². The fourth-order valence-corrected chi connectivity index (χ4v) is 2.40. The average Bonchev–Trinajstić information content (AvgIpc) is 2.28. The maximum absolute atomic E-state index is 12.0. The van der Waals surface area contributed by atoms with Gasteiger partial charge in [-0.05, 0) is 31.3 Å². The minimum Gasteiger partial charge on any atom is -0.297 e. The third-order valence-corrected chi connectivity index (χ3v) is 3.58. The highest BCUT2D eigenvalue weighted by atomic mass is 35.5. The Morgan fingerprint density at radius 3 is 2.65 bits per heavy atom. The molecule has 4 nitrogen and oxygen atoms in total. The van der Waals surface area contributed by atoms with Crippen molar-refractivity contribution in [3.05, 3.63) is 31.6 Å². The average molecular weight is 277 g/mol. The first-order valence-electron chi connectivity index (χ1n) is 5.62. The smallest absolute Gasteiger partial charge is 0.297 e. The number of aromatic amines is 1. The van der Waals surface area contributed by atoms with Crippen molar-refractivity contribution in [2.24, 2.45) is 0 Å². The molecule has 96 valence electrons. The van der Waals surface area contributed by atoms with Gasteiger partial charge in [0.15, 0.2) is 0 Å². The minimum absolute atomic E-state index is 0.169. The lowest BCUT2D eigenvalue weighted by Crippen LogP contribution is -2.37. The first-order chi connectivity index (χ1) is 8.11. The predicted molar refractivity (Wildman–Crippen MR) is 73.3 cm³/mol. The van der Waals surface area contributed by atoms with Crippen molar-refractivity contribution < 1.29 is 0 Å². The number of nitrogens with one attached hydrogen (secondary N) is 1. The van der Waals surface area contributed by atoms with Gasteiger partial charge in [0, 0.05) is 6.54 Å². The summed E-state index contributed by atoms with van der Waals surface area (Å²) in [6.45, 7) is 2.30. The zero-order chi connectivity index (χ0) is 12.8. The van der Waals surface area contributed by atoms with E-state index in [1.165, 1.54) is 4.57 Å². The molecule has 1 N–H and O–H groups in total. The highest BCUT2D eigenvalue weighted by molar-refractivity contribution is 7.98. The van der Waals surface area contributed by atoms with Crippen LogP contribution in [0.3, 0.4) is 0 Å². The second kappa shape index (κ2) is 6.91. The highest BCUT2D eigenvalue weighted by Gasteiger charge is 2.10. The Morgan fingerprint density at radius 2 is 2.06 bits per heavy atom. The summed E-state index contributed by atoms with van der Waals surface area (Å²) in [6, 6.07) is 0. The lowest BCUT2D eigenvalue weighted by molar-refractivity contribution is 0.580. The summed E-state index contributed by atoms with van der Waals surface area (Å²) >= 11 is 7.58. The molecule has 1 aromatic heterocycles. The number of aromatic nitrogens is 2. The van der Waals surface area contributed by atoms with E-state index in [0.717, 1.165) is 18.6 Å². The molecular weight excluding hydrogens is 260 g/mol. The van der Waals surface area contributed by atoms with Crippen molar-refractivity contribution >= 4 is 23.4 Å². The Bertz CT molecular complexity index is 481. The molecule has 0 unspecified atom stereocenters. The van der Waals surface area contributed by atoms with Crippen LogP contribution in [0.1, 0.15) is 25.3 Å². The van der Waals surface area contributed by atoms with Crippen LogP contribution in [0, 0.1) is 0 Å². The molecule has 0 bridgehead atoms. The van der Waals surface area contributed by atoms with Crippen LogP contribution in [0.25, 0.3) is 0 Å². The third kappa shape index (κ3) is 3.64. The van der Waals surface area contributed by atoms with Gasteiger partial charge in [-0.15, -0.1) is 0 Å². The van der Waals surface area contributed by atoms with Gasteiger partial charge in [-0.3, -0.25) is 14.3 Å². The van der Waals surface area contributed by atoms with E-state index in [4.69, 9.17) is 11.6 Å². The number of nitrogens with zero attached hydrogens (tertiary/aromatic N) is 1. The molecule has 1 heterocycles. The zero-order valence-electron chi connectivity index (χ0n) is 10.1. The van der Waals surface area contributed by atoms with Gasteiger partial charge in [0.2, 0.25) is 0 Å². The molecule has 0 atom stereocenters. The molecule has 0 spiro atoms. The van der Waals surface area contributed by atoms with E-state index in [1.807, 2.05) is 13.2 Å². The summed E-state index contributed by atoms with van der Waals surface area (Å²) < 4.78 is 1.24. The molecular formula is C11H17ClN2O2S. The topological polar surface area (TPSA) is 54.9 Å². The van der Waals surface area contributed by atoms with Gasteiger partial charge >= 0.3 is 5.69 Å². The van der Waals surface area contributed by atoms with Crippen molar-refractivity contribution in [3.63, 3.8) is 0 Å². The van der Waals surface area contributed by atoms with Crippen LogP contribution >= 0.6 is 23.4 Å². The first-order valence-corrected chi connectivity index (χ1v) is 7.39. The third-order valence-electron chi connectivity index (χ3n) is 2.56. The number of thioether (sulfide) groups is 1. The molecule has 0 aromatic carbocycles. The van der Waals surface area contributed by atoms with Gasteiger partial charge in [-0.1, -0.05) is 18.5 Å². The minimum atomic E-state index is -0.415. The molecule has 0 amide bonds. The van der Waals surface area contributed by atoms with Crippen molar-refractivity contribution in [3.8, 4) is 0 Å². The molecule has 17 heavy (non-hydrogen) atoms. The van der Waals surface area contributed by atoms with Crippen molar-refractivity contribution in [1.82, 2.24) is 9.55 Å². The van der Waals surface area contributed by atoms with E-state index in [2.05, 4.69) is 4.98 Å². The number of hydrogen-bond donors (Lipinski definition) is 1. The van der Waals surface area contributed by atoms with Gasteiger partial charge in [-0.2, -0.15) is 11.8 Å². The normalized spacial score (nSPS) is 10.8. The van der Waals surface area contributed by atoms with E-state index >= 15 is 0 Å². The molecule has 0 aliphatic heterocycles. The molecule has 1 rings (SSSR count). The van der Waals surface area contributed by atoms with E-state index in [1.54, 1.807) is 11.8 Å². The number of unbranched alkanes of at least 4 members (excludes halogenated alkanes) is 1. The fraction of sp³-hybridized carbons (Fsp3) is 0.636. The number of rotatable bonds is 6. The van der Waals surface area contributed by atoms with Gasteiger partial charge in [0.1, 0.15) is 5.15 Å². The van der Waals surface area contributed by atoms with Crippen LogP contribution in [0.5, 0.6) is 0 Å². The Labute approximate surface area is 109 Å². The molecule has 0 fully saturated rings. The van der Waals surface area contributed by atoms with Crippen LogP contribution in [-0.4, -0.2) is 21.6 Å². The second-order valence-corrected chi connectivity index (χ2v) is 5.10. The lowest BCUT2D eigenvalue weighted by Gasteiger charge is -2.07. The molecule has 6 heteroatoms. The number of halogens is 1. The van der Waals surface area contributed by atoms with Gasteiger partial charge < -0.3 is 0 Å². The monoisotopic (exact) mass is 276 g/mol. The standard InChI is InChI=1S/C11H17ClN2O2S/c1-3-8-9(12)13-11(16)14(10(8)15)6-4-5-7-17-2/h3-7H2,1-2H3,(H,13,16). The molecule has 0 aliphatic carbocycles. The molecule has 1 aromatic rings. The van der Waals surface area contributed by atoms with Gasteiger partial charge in [0.25, 0.3) is 5.56 Å². The van der Waals surface area contributed by atoms with Gasteiger partial charge in [0.05, 0.1) is 5.56 Å². The molecule has 0 aliphatic rings. The molecule has 0 radical (unpaired) electrons. The summed E-state index contributed by atoms with van der Waals surface area (Å²) in [5, 5.41) is 0.169. The SMILES string of the molecule is CCc1c(Cl)[nH]c(=O)n(CCCCSC)c1=O. The van der Waals surface area contributed by atoms with E-state index in [0.29, 0.717) is 18.5 Å². The first kappa shape index (κ1) is 14.4. The van der Waals surface area contributed by atoms with Crippen LogP contribution in [0.2, 0.25) is 5.15 Å². The highest BCUT2D eigenvalue weighted by Crippen LogP contribution is 2.06.